The molecule has 2 aliphatic heterocycles. The minimum absolute atomic E-state index is 0.00331. The summed E-state index contributed by atoms with van der Waals surface area (Å²) in [6.45, 7) is 0.0880. The maximum Gasteiger partial charge on any atom is 0.352 e. The van der Waals surface area contributed by atoms with E-state index in [0.29, 0.717) is 27.5 Å². The van der Waals surface area contributed by atoms with E-state index in [9.17, 15) is 19.5 Å². The van der Waals surface area contributed by atoms with Crippen LogP contribution >= 0.6 is 11.6 Å². The molecule has 8 rings (SSSR count). The largest absolute Gasteiger partial charge is 0.508 e. The number of rotatable bonds is 4. The molecule has 9 nitrogen and oxygen atoms in total. The summed E-state index contributed by atoms with van der Waals surface area (Å²) in [7, 11) is 0. The van der Waals surface area contributed by atoms with Crippen molar-refractivity contribution >= 4 is 29.1 Å². The molecular weight excluding hydrogens is 604 g/mol. The molecule has 1 aromatic heterocycles. The number of anilines is 1. The van der Waals surface area contributed by atoms with Gasteiger partial charge in [-0.25, -0.2) is 28.4 Å². The molecule has 5 aromatic rings. The summed E-state index contributed by atoms with van der Waals surface area (Å²) in [6, 6.07) is 30.5. The predicted octanol–water partition coefficient (Wildman–Crippen LogP) is 4.96. The Balaban J connectivity index is 1.41. The molecule has 1 aliphatic carbocycles. The zero-order valence-corrected chi connectivity index (χ0v) is 25.1. The van der Waals surface area contributed by atoms with Crippen LogP contribution in [0.2, 0.25) is 5.02 Å². The molecule has 0 bridgehead atoms. The molecule has 4 atom stereocenters. The summed E-state index contributed by atoms with van der Waals surface area (Å²) < 4.78 is 3.97. The van der Waals surface area contributed by atoms with Gasteiger partial charge in [0.15, 0.2) is 0 Å². The van der Waals surface area contributed by atoms with E-state index in [0.717, 1.165) is 10.1 Å². The number of nitrogens with zero attached hydrogens (tertiary/aromatic N) is 4. The molecule has 3 heterocycles. The normalized spacial score (nSPS) is 23.5. The van der Waals surface area contributed by atoms with Crippen molar-refractivity contribution in [3.8, 4) is 11.4 Å². The Kier molecular flexibility index (Phi) is 6.30. The number of imide groups is 1. The number of hydrogen-bond donors (Lipinski definition) is 1. The van der Waals surface area contributed by atoms with Crippen molar-refractivity contribution in [2.75, 3.05) is 4.90 Å². The second kappa shape index (κ2) is 10.3. The Bertz CT molecular complexity index is 2200. The minimum atomic E-state index is -1.43. The third-order valence-corrected chi connectivity index (χ3v) is 9.88. The molecule has 10 heteroatoms. The number of halogens is 1. The summed E-state index contributed by atoms with van der Waals surface area (Å²) in [6.07, 6.45) is 1.99. The van der Waals surface area contributed by atoms with Gasteiger partial charge in [-0.2, -0.15) is 0 Å². The van der Waals surface area contributed by atoms with Crippen molar-refractivity contribution in [2.45, 2.75) is 30.3 Å². The van der Waals surface area contributed by atoms with Gasteiger partial charge in [0.25, 0.3) is 0 Å². The topological polar surface area (TPSA) is 107 Å². The van der Waals surface area contributed by atoms with Crippen LogP contribution in [0.3, 0.4) is 0 Å². The second-order valence-electron chi connectivity index (χ2n) is 11.9. The quantitative estimate of drug-likeness (QED) is 0.223. The van der Waals surface area contributed by atoms with Gasteiger partial charge in [-0.05, 0) is 65.6 Å². The monoisotopic (exact) mass is 630 g/mol. The standard InChI is InChI=1S/C36H27ClN4O5/c37-24-12-8-15-26(20-24)39-32(43)29-21-30-28(17-18-38-34(45)40(35(46)41(30)38)25-13-5-2-6-14-25)31(22-9-7-16-27(42)19-22)36(29,33(39)44)23-10-3-1-4-11-23/h1-17,19-20,29-31,42H,18,21H2/t29-,30+,31-,36+/m0/s1. The smallest absolute Gasteiger partial charge is 0.352 e. The zero-order valence-electron chi connectivity index (χ0n) is 24.4. The molecule has 1 saturated carbocycles. The van der Waals surface area contributed by atoms with Crippen molar-refractivity contribution in [1.82, 2.24) is 13.9 Å². The average molecular weight is 631 g/mol. The van der Waals surface area contributed by atoms with Crippen molar-refractivity contribution < 1.29 is 14.7 Å². The van der Waals surface area contributed by atoms with Crippen LogP contribution in [0.25, 0.3) is 5.69 Å². The van der Waals surface area contributed by atoms with Gasteiger partial charge in [0.1, 0.15) is 5.75 Å². The number of aromatic hydroxyl groups is 1. The Hall–Kier alpha value is -5.41. The van der Waals surface area contributed by atoms with Crippen molar-refractivity contribution in [3.63, 3.8) is 0 Å². The van der Waals surface area contributed by atoms with Gasteiger partial charge in [-0.1, -0.05) is 84.4 Å². The van der Waals surface area contributed by atoms with E-state index in [1.165, 1.54) is 14.3 Å². The summed E-state index contributed by atoms with van der Waals surface area (Å²) in [5.41, 5.74) is 0.330. The average Bonchev–Trinajstić information content (AvgIpc) is 3.46. The van der Waals surface area contributed by atoms with Gasteiger partial charge in [-0.15, -0.1) is 0 Å². The van der Waals surface area contributed by atoms with Gasteiger partial charge in [0.2, 0.25) is 11.8 Å². The van der Waals surface area contributed by atoms with E-state index >= 15 is 4.79 Å². The predicted molar refractivity (Wildman–Crippen MR) is 172 cm³/mol. The van der Waals surface area contributed by atoms with E-state index in [1.807, 2.05) is 42.5 Å². The van der Waals surface area contributed by atoms with Crippen LogP contribution in [0.1, 0.15) is 29.5 Å². The first kappa shape index (κ1) is 28.1. The third kappa shape index (κ3) is 3.81. The Morgan fingerprint density at radius 1 is 0.761 bits per heavy atom. The highest BCUT2D eigenvalue weighted by Crippen LogP contribution is 2.62. The SMILES string of the molecule is O=C1[C@@H]2C[C@@H]3C(=CCn4c(=O)n(-c5ccccc5)c(=O)n43)[C@H](c3cccc(O)c3)[C@]2(c2ccccc2)C(=O)N1c1cccc(Cl)c1. The molecule has 3 aliphatic rings. The summed E-state index contributed by atoms with van der Waals surface area (Å²) in [5, 5.41) is 11.1. The number of amides is 2. The number of carbonyl (C=O) groups excluding carboxylic acids is 2. The van der Waals surface area contributed by atoms with Gasteiger partial charge < -0.3 is 5.11 Å². The number of fused-ring (bicyclic) bond motifs is 4. The minimum Gasteiger partial charge on any atom is -0.508 e. The first-order chi connectivity index (χ1) is 22.3. The van der Waals surface area contributed by atoms with Crippen molar-refractivity contribution in [3.05, 3.63) is 158 Å². The van der Waals surface area contributed by atoms with Crippen LogP contribution in [0.4, 0.5) is 5.69 Å². The summed E-state index contributed by atoms with van der Waals surface area (Å²) >= 11 is 6.35. The number of aromatic nitrogens is 3. The molecule has 1 N–H and O–H groups in total. The highest BCUT2D eigenvalue weighted by Gasteiger charge is 2.68. The van der Waals surface area contributed by atoms with Crippen LogP contribution < -0.4 is 16.3 Å². The number of phenolic OH excluding ortho intramolecular Hbond substituents is 1. The van der Waals surface area contributed by atoms with Crippen LogP contribution in [0.5, 0.6) is 5.75 Å². The lowest BCUT2D eigenvalue weighted by Crippen LogP contribution is -2.53. The Morgan fingerprint density at radius 2 is 1.46 bits per heavy atom. The van der Waals surface area contributed by atoms with Crippen LogP contribution in [-0.2, 0) is 21.5 Å². The maximum atomic E-state index is 15.1. The maximum absolute atomic E-state index is 15.1. The second-order valence-corrected chi connectivity index (χ2v) is 12.3. The highest BCUT2D eigenvalue weighted by molar-refractivity contribution is 6.32. The molecule has 4 aromatic carbocycles. The number of allylic oxidation sites excluding steroid dienone is 2. The fraction of sp³-hybridized carbons (Fsp3) is 0.167. The number of phenols is 1. The number of benzene rings is 4. The number of para-hydroxylation sites is 1. The van der Waals surface area contributed by atoms with Gasteiger partial charge in [0, 0.05) is 10.9 Å². The lowest BCUT2D eigenvalue weighted by atomic mass is 9.53. The van der Waals surface area contributed by atoms with E-state index < -0.39 is 46.5 Å². The lowest BCUT2D eigenvalue weighted by Gasteiger charge is -2.49. The lowest BCUT2D eigenvalue weighted by molar-refractivity contribution is -0.124. The van der Waals surface area contributed by atoms with Gasteiger partial charge in [-0.3, -0.25) is 9.59 Å². The molecule has 228 valence electrons. The summed E-state index contributed by atoms with van der Waals surface area (Å²) in [4.78, 5) is 58.9. The van der Waals surface area contributed by atoms with Gasteiger partial charge in [0.05, 0.1) is 35.3 Å². The van der Waals surface area contributed by atoms with Gasteiger partial charge >= 0.3 is 11.4 Å². The molecule has 2 amide bonds. The van der Waals surface area contributed by atoms with E-state index in [2.05, 4.69) is 0 Å². The molecule has 0 unspecified atom stereocenters. The fourth-order valence-corrected chi connectivity index (χ4v) is 8.07. The van der Waals surface area contributed by atoms with Crippen molar-refractivity contribution in [2.24, 2.45) is 5.92 Å². The van der Waals surface area contributed by atoms with Crippen LogP contribution in [0, 0.1) is 5.92 Å². The molecular formula is C36H27ClN4O5. The molecule has 2 fully saturated rings. The third-order valence-electron chi connectivity index (χ3n) is 9.65. The van der Waals surface area contributed by atoms with E-state index in [1.54, 1.807) is 72.8 Å². The molecule has 0 radical (unpaired) electrons. The van der Waals surface area contributed by atoms with E-state index in [-0.39, 0.29) is 18.7 Å². The highest BCUT2D eigenvalue weighted by atomic mass is 35.5. The zero-order chi connectivity index (χ0) is 31.7. The van der Waals surface area contributed by atoms with Crippen molar-refractivity contribution in [1.29, 1.82) is 0 Å². The summed E-state index contributed by atoms with van der Waals surface area (Å²) in [5.74, 6) is -2.52. The van der Waals surface area contributed by atoms with Crippen LogP contribution in [0.15, 0.2) is 130 Å². The number of carbonyl (C=O) groups is 2. The first-order valence-electron chi connectivity index (χ1n) is 15.0. The van der Waals surface area contributed by atoms with E-state index in [4.69, 9.17) is 11.6 Å². The van der Waals surface area contributed by atoms with Crippen LogP contribution in [-0.4, -0.2) is 30.9 Å². The molecule has 1 saturated heterocycles. The molecule has 46 heavy (non-hydrogen) atoms. The first-order valence-corrected chi connectivity index (χ1v) is 15.4. The fourth-order valence-electron chi connectivity index (χ4n) is 7.88. The Morgan fingerprint density at radius 3 is 2.17 bits per heavy atom. The molecule has 0 spiro atoms. The number of hydrogen-bond acceptors (Lipinski definition) is 5. The Labute approximate surface area is 267 Å².